The summed E-state index contributed by atoms with van der Waals surface area (Å²) >= 11 is 0. The molecule has 0 radical (unpaired) electrons. The zero-order chi connectivity index (χ0) is 30.0. The molecular weight excluding hydrogens is 520 g/mol. The molecule has 0 fully saturated rings. The average Bonchev–Trinajstić information content (AvgIpc) is 2.91. The number of methoxy groups -OCH3 is 1. The SMILES string of the molecule is C=C(Nc1ccccc1NC(=O)c1ccc(CN(CCN(C)C)C(=O)Nc2cccc(OC)c2)nc1)OC(C)(C)C. The maximum atomic E-state index is 13.1. The van der Waals surface area contributed by atoms with Crippen LogP contribution in [0.2, 0.25) is 0 Å². The Balaban J connectivity index is 1.68. The van der Waals surface area contributed by atoms with Crippen molar-refractivity contribution >= 4 is 29.0 Å². The highest BCUT2D eigenvalue weighted by Gasteiger charge is 2.17. The van der Waals surface area contributed by atoms with Gasteiger partial charge in [0.1, 0.15) is 11.4 Å². The highest BCUT2D eigenvalue weighted by atomic mass is 16.5. The van der Waals surface area contributed by atoms with Crippen molar-refractivity contribution in [2.75, 3.05) is 50.2 Å². The number of likely N-dealkylation sites (N-methyl/N-ethyl adjacent to an activating group) is 1. The summed E-state index contributed by atoms with van der Waals surface area (Å²) < 4.78 is 11.0. The predicted molar refractivity (Wildman–Crippen MR) is 163 cm³/mol. The van der Waals surface area contributed by atoms with E-state index < -0.39 is 5.60 Å². The fraction of sp³-hybridized carbons (Fsp3) is 0.323. The number of pyridine rings is 1. The molecule has 10 nitrogen and oxygen atoms in total. The molecule has 2 aromatic carbocycles. The topological polar surface area (TPSA) is 108 Å². The normalized spacial score (nSPS) is 11.0. The second kappa shape index (κ2) is 14.2. The average molecular weight is 561 g/mol. The lowest BCUT2D eigenvalue weighted by Gasteiger charge is -2.24. The number of benzene rings is 2. The number of hydrogen-bond acceptors (Lipinski definition) is 7. The molecule has 1 heterocycles. The molecule has 0 spiro atoms. The number of carbonyl (C=O) groups is 2. The Morgan fingerprint density at radius 2 is 1.63 bits per heavy atom. The summed E-state index contributed by atoms with van der Waals surface area (Å²) in [6, 6.07) is 17.7. The van der Waals surface area contributed by atoms with Gasteiger partial charge in [-0.15, -0.1) is 0 Å². The van der Waals surface area contributed by atoms with Crippen molar-refractivity contribution in [3.05, 3.63) is 90.6 Å². The molecule has 3 amide bonds. The van der Waals surface area contributed by atoms with E-state index in [1.165, 1.54) is 6.20 Å². The van der Waals surface area contributed by atoms with E-state index in [2.05, 4.69) is 27.5 Å². The third-order valence-electron chi connectivity index (χ3n) is 5.74. The molecule has 0 saturated carbocycles. The van der Waals surface area contributed by atoms with Gasteiger partial charge in [-0.2, -0.15) is 0 Å². The summed E-state index contributed by atoms with van der Waals surface area (Å²) in [7, 11) is 5.48. The van der Waals surface area contributed by atoms with Crippen molar-refractivity contribution in [2.45, 2.75) is 32.9 Å². The van der Waals surface area contributed by atoms with Crippen molar-refractivity contribution in [2.24, 2.45) is 0 Å². The van der Waals surface area contributed by atoms with Gasteiger partial charge in [0.05, 0.1) is 36.3 Å². The van der Waals surface area contributed by atoms with E-state index in [-0.39, 0.29) is 18.5 Å². The zero-order valence-corrected chi connectivity index (χ0v) is 24.7. The lowest BCUT2D eigenvalue weighted by atomic mass is 10.2. The quantitative estimate of drug-likeness (QED) is 0.246. The van der Waals surface area contributed by atoms with Crippen LogP contribution < -0.4 is 20.7 Å². The van der Waals surface area contributed by atoms with Gasteiger partial charge in [0.15, 0.2) is 5.88 Å². The fourth-order valence-corrected chi connectivity index (χ4v) is 3.77. The van der Waals surface area contributed by atoms with E-state index in [0.717, 1.165) is 0 Å². The third kappa shape index (κ3) is 10.2. The van der Waals surface area contributed by atoms with Crippen LogP contribution in [0.3, 0.4) is 0 Å². The molecule has 0 aliphatic rings. The molecule has 0 unspecified atom stereocenters. The molecule has 10 heteroatoms. The lowest BCUT2D eigenvalue weighted by molar-refractivity contribution is 0.0565. The number of urea groups is 1. The van der Waals surface area contributed by atoms with Crippen molar-refractivity contribution < 1.29 is 19.1 Å². The highest BCUT2D eigenvalue weighted by molar-refractivity contribution is 6.05. The molecule has 0 aliphatic carbocycles. The van der Waals surface area contributed by atoms with Crippen molar-refractivity contribution in [3.63, 3.8) is 0 Å². The van der Waals surface area contributed by atoms with E-state index in [1.807, 2.05) is 70.1 Å². The van der Waals surface area contributed by atoms with E-state index in [9.17, 15) is 9.59 Å². The number of ether oxygens (including phenoxy) is 2. The maximum Gasteiger partial charge on any atom is 0.322 e. The molecule has 3 rings (SSSR count). The minimum absolute atomic E-state index is 0.259. The summed E-state index contributed by atoms with van der Waals surface area (Å²) in [4.78, 5) is 34.3. The first-order valence-corrected chi connectivity index (χ1v) is 13.3. The van der Waals surface area contributed by atoms with E-state index in [1.54, 1.807) is 42.3 Å². The van der Waals surface area contributed by atoms with Crippen LogP contribution >= 0.6 is 0 Å². The minimum Gasteiger partial charge on any atom is -0.497 e. The van der Waals surface area contributed by atoms with Crippen molar-refractivity contribution in [1.29, 1.82) is 0 Å². The van der Waals surface area contributed by atoms with Gasteiger partial charge in [-0.3, -0.25) is 9.78 Å². The first kappa shape index (κ1) is 31.0. The molecule has 218 valence electrons. The van der Waals surface area contributed by atoms with Gasteiger partial charge < -0.3 is 35.2 Å². The second-order valence-corrected chi connectivity index (χ2v) is 10.7. The summed E-state index contributed by atoms with van der Waals surface area (Å²) in [5.41, 5.74) is 2.48. The zero-order valence-electron chi connectivity index (χ0n) is 24.7. The Morgan fingerprint density at radius 1 is 0.927 bits per heavy atom. The van der Waals surface area contributed by atoms with Crippen molar-refractivity contribution in [1.82, 2.24) is 14.8 Å². The van der Waals surface area contributed by atoms with Gasteiger partial charge in [0.25, 0.3) is 5.91 Å². The Kier molecular flexibility index (Phi) is 10.7. The van der Waals surface area contributed by atoms with E-state index in [0.29, 0.717) is 53.0 Å². The van der Waals surface area contributed by atoms with E-state index >= 15 is 0 Å². The first-order valence-electron chi connectivity index (χ1n) is 13.3. The van der Waals surface area contributed by atoms with Crippen LogP contribution in [0.5, 0.6) is 5.75 Å². The van der Waals surface area contributed by atoms with Crippen LogP contribution in [-0.4, -0.2) is 66.6 Å². The number of nitrogens with zero attached hydrogens (tertiary/aromatic N) is 3. The van der Waals surface area contributed by atoms with Crippen LogP contribution in [0.4, 0.5) is 21.9 Å². The standard InChI is InChI=1S/C31H40N6O4/c1-22(41-31(2,3)4)33-27-13-8-9-14-28(27)35-29(38)23-15-16-25(32-20-23)21-37(18-17-36(5)6)30(39)34-24-11-10-12-26(19-24)40-7/h8-16,19-20,33H,1,17-18,21H2,2-7H3,(H,34,39)(H,35,38). The Morgan fingerprint density at radius 3 is 2.24 bits per heavy atom. The molecule has 3 aromatic rings. The largest absolute Gasteiger partial charge is 0.497 e. The van der Waals surface area contributed by atoms with Crippen molar-refractivity contribution in [3.8, 4) is 5.75 Å². The number of anilines is 3. The highest BCUT2D eigenvalue weighted by Crippen LogP contribution is 2.25. The smallest absolute Gasteiger partial charge is 0.322 e. The summed E-state index contributed by atoms with van der Waals surface area (Å²) in [5, 5.41) is 8.95. The predicted octanol–water partition coefficient (Wildman–Crippen LogP) is 5.64. The molecule has 1 aromatic heterocycles. The van der Waals surface area contributed by atoms with Gasteiger partial charge in [-0.25, -0.2) is 4.79 Å². The second-order valence-electron chi connectivity index (χ2n) is 10.7. The number of carbonyl (C=O) groups excluding carboxylic acids is 2. The molecular formula is C31H40N6O4. The van der Waals surface area contributed by atoms with Gasteiger partial charge >= 0.3 is 6.03 Å². The summed E-state index contributed by atoms with van der Waals surface area (Å²) in [6.07, 6.45) is 1.51. The molecule has 41 heavy (non-hydrogen) atoms. The Labute approximate surface area is 242 Å². The Bertz CT molecular complexity index is 1330. The maximum absolute atomic E-state index is 13.1. The first-order chi connectivity index (χ1) is 19.4. The number of aromatic nitrogens is 1. The Hall–Kier alpha value is -4.57. The van der Waals surface area contributed by atoms with Crippen LogP contribution in [-0.2, 0) is 11.3 Å². The van der Waals surface area contributed by atoms with E-state index in [4.69, 9.17) is 9.47 Å². The van der Waals surface area contributed by atoms with Crippen LogP contribution in [0, 0.1) is 0 Å². The molecule has 3 N–H and O–H groups in total. The lowest BCUT2D eigenvalue weighted by Crippen LogP contribution is -2.39. The molecule has 0 atom stereocenters. The molecule has 0 bridgehead atoms. The number of nitrogens with one attached hydrogen (secondary N) is 3. The van der Waals surface area contributed by atoms with Crippen LogP contribution in [0.15, 0.2) is 79.3 Å². The summed E-state index contributed by atoms with van der Waals surface area (Å²) in [5.74, 6) is 0.708. The van der Waals surface area contributed by atoms with Gasteiger partial charge in [0, 0.05) is 31.0 Å². The van der Waals surface area contributed by atoms with Crippen LogP contribution in [0.1, 0.15) is 36.8 Å². The van der Waals surface area contributed by atoms with Gasteiger partial charge in [0.2, 0.25) is 0 Å². The number of rotatable bonds is 12. The van der Waals surface area contributed by atoms with Crippen LogP contribution in [0.25, 0.3) is 0 Å². The van der Waals surface area contributed by atoms with Gasteiger partial charge in [-0.05, 0) is 77.8 Å². The number of para-hydroxylation sites is 2. The molecule has 0 saturated heterocycles. The minimum atomic E-state index is -0.409. The van der Waals surface area contributed by atoms with Gasteiger partial charge in [-0.1, -0.05) is 18.2 Å². The number of hydrogen-bond donors (Lipinski definition) is 3. The number of amides is 3. The summed E-state index contributed by atoms with van der Waals surface area (Å²) in [6.45, 7) is 11.1. The fourth-order valence-electron chi connectivity index (χ4n) is 3.77. The monoisotopic (exact) mass is 560 g/mol. The molecule has 0 aliphatic heterocycles. The third-order valence-corrected chi connectivity index (χ3v) is 5.74.